The van der Waals surface area contributed by atoms with Crippen LogP contribution in [0.5, 0.6) is 0 Å². The average Bonchev–Trinajstić information content (AvgIpc) is 3.08. The third-order valence-electron chi connectivity index (χ3n) is 8.12. The van der Waals surface area contributed by atoms with Gasteiger partial charge in [0.2, 0.25) is 6.08 Å². The first-order valence-corrected chi connectivity index (χ1v) is 16.7. The fourth-order valence-corrected chi connectivity index (χ4v) is 5.60. The highest BCUT2D eigenvalue weighted by atomic mass is 16.5. The number of aliphatic imine (C=N–C) groups is 1. The van der Waals surface area contributed by atoms with Gasteiger partial charge in [0.15, 0.2) is 0 Å². The first kappa shape index (κ1) is 37.2. The van der Waals surface area contributed by atoms with Crippen LogP contribution in [0.1, 0.15) is 86.2 Å². The van der Waals surface area contributed by atoms with E-state index in [4.69, 9.17) is 9.47 Å². The molecule has 2 N–H and O–H groups in total. The number of hydrogen-bond acceptors (Lipinski definition) is 6. The van der Waals surface area contributed by atoms with E-state index in [-0.39, 0.29) is 24.8 Å². The second kappa shape index (κ2) is 21.5. The summed E-state index contributed by atoms with van der Waals surface area (Å²) in [5.41, 5.74) is 3.22. The van der Waals surface area contributed by atoms with Crippen LogP contribution >= 0.6 is 0 Å². The Morgan fingerprint density at radius 2 is 1.57 bits per heavy atom. The van der Waals surface area contributed by atoms with E-state index in [1.54, 1.807) is 12.1 Å². The predicted octanol–water partition coefficient (Wildman–Crippen LogP) is 8.70. The van der Waals surface area contributed by atoms with Gasteiger partial charge in [0.1, 0.15) is 0 Å². The molecule has 0 bridgehead atoms. The monoisotopic (exact) mass is 643 g/mol. The lowest BCUT2D eigenvalue weighted by Gasteiger charge is -2.30. The summed E-state index contributed by atoms with van der Waals surface area (Å²) in [4.78, 5) is 39.6. The molecule has 0 aliphatic heterocycles. The van der Waals surface area contributed by atoms with Crippen molar-refractivity contribution in [2.45, 2.75) is 90.4 Å². The predicted molar refractivity (Wildman–Crippen MR) is 185 cm³/mol. The highest BCUT2D eigenvalue weighted by Gasteiger charge is 2.24. The van der Waals surface area contributed by atoms with Gasteiger partial charge in [-0.3, -0.25) is 0 Å². The molecule has 0 radical (unpaired) electrons. The number of ether oxygens (including phenoxy) is 2. The van der Waals surface area contributed by atoms with E-state index >= 15 is 0 Å². The van der Waals surface area contributed by atoms with Crippen molar-refractivity contribution in [3.63, 3.8) is 0 Å². The van der Waals surface area contributed by atoms with Crippen LogP contribution in [0.2, 0.25) is 0 Å². The van der Waals surface area contributed by atoms with Gasteiger partial charge in [-0.1, -0.05) is 87.2 Å². The second-order valence-electron chi connectivity index (χ2n) is 11.7. The average molecular weight is 644 g/mol. The van der Waals surface area contributed by atoms with Gasteiger partial charge < -0.3 is 24.8 Å². The summed E-state index contributed by atoms with van der Waals surface area (Å²) in [6.07, 6.45) is 11.0. The number of carbonyl (C=O) groups excluding carboxylic acids is 2. The van der Waals surface area contributed by atoms with E-state index in [1.165, 1.54) is 25.3 Å². The molecular formula is C38H49N3O6. The maximum Gasteiger partial charge on any atom is 0.336 e. The number of carboxylic acid groups (broad SMARTS) is 1. The molecule has 1 fully saturated rings. The smallest absolute Gasteiger partial charge is 0.336 e. The Bertz CT molecular complexity index is 1400. The van der Waals surface area contributed by atoms with E-state index in [0.29, 0.717) is 36.5 Å². The lowest BCUT2D eigenvalue weighted by molar-refractivity contribution is -0.0523. The second-order valence-corrected chi connectivity index (χ2v) is 11.7. The summed E-state index contributed by atoms with van der Waals surface area (Å²) >= 11 is 0. The van der Waals surface area contributed by atoms with Crippen LogP contribution in [0.3, 0.4) is 0 Å². The molecular weight excluding hydrogens is 594 g/mol. The summed E-state index contributed by atoms with van der Waals surface area (Å²) in [6.45, 7) is 6.03. The van der Waals surface area contributed by atoms with Crippen LogP contribution in [0.15, 0.2) is 83.9 Å². The molecule has 2 amide bonds. The zero-order valence-electron chi connectivity index (χ0n) is 27.7. The fraction of sp³-hybridized carbons (Fsp3) is 0.447. The van der Waals surface area contributed by atoms with Crippen molar-refractivity contribution < 1.29 is 29.0 Å². The van der Waals surface area contributed by atoms with Crippen molar-refractivity contribution >= 4 is 29.5 Å². The maximum absolute atomic E-state index is 13.0. The fourth-order valence-electron chi connectivity index (χ4n) is 5.60. The summed E-state index contributed by atoms with van der Waals surface area (Å²) in [6, 6.07) is 23.9. The molecule has 1 aliphatic rings. The van der Waals surface area contributed by atoms with Gasteiger partial charge in [-0.25, -0.2) is 14.4 Å². The Balaban J connectivity index is 0.000000573. The van der Waals surface area contributed by atoms with Gasteiger partial charge in [0.25, 0.3) is 0 Å². The van der Waals surface area contributed by atoms with E-state index in [1.807, 2.05) is 78.6 Å². The number of carbonyl (C=O) groups is 2. The third-order valence-corrected chi connectivity index (χ3v) is 8.12. The van der Waals surface area contributed by atoms with Crippen molar-refractivity contribution in [2.75, 3.05) is 25.0 Å². The van der Waals surface area contributed by atoms with Gasteiger partial charge in [-0.05, 0) is 74.4 Å². The number of hydrogen-bond donors (Lipinski definition) is 2. The van der Waals surface area contributed by atoms with Gasteiger partial charge in [0, 0.05) is 18.8 Å². The molecule has 2 atom stereocenters. The first-order valence-electron chi connectivity index (χ1n) is 16.7. The molecule has 0 saturated heterocycles. The molecule has 0 spiro atoms. The maximum atomic E-state index is 13.0. The molecule has 3 aromatic carbocycles. The molecule has 0 aromatic heterocycles. The summed E-state index contributed by atoms with van der Waals surface area (Å²) in [5.74, 6) is -0.919. The van der Waals surface area contributed by atoms with Crippen LogP contribution in [0.4, 0.5) is 16.2 Å². The van der Waals surface area contributed by atoms with Gasteiger partial charge >= 0.3 is 12.0 Å². The van der Waals surface area contributed by atoms with Crippen LogP contribution in [0.25, 0.3) is 0 Å². The number of urea groups is 1. The number of para-hydroxylation sites is 2. The highest BCUT2D eigenvalue weighted by Crippen LogP contribution is 2.25. The van der Waals surface area contributed by atoms with Crippen molar-refractivity contribution in [3.8, 4) is 0 Å². The lowest BCUT2D eigenvalue weighted by Crippen LogP contribution is -2.39. The Kier molecular flexibility index (Phi) is 17.0. The Morgan fingerprint density at radius 1 is 0.894 bits per heavy atom. The normalized spacial score (nSPS) is 15.4. The zero-order valence-corrected chi connectivity index (χ0v) is 27.7. The van der Waals surface area contributed by atoms with Crippen molar-refractivity contribution in [1.82, 2.24) is 4.90 Å². The molecule has 252 valence electrons. The Morgan fingerprint density at radius 3 is 2.26 bits per heavy atom. The number of anilines is 1. The lowest BCUT2D eigenvalue weighted by atomic mass is 9.94. The van der Waals surface area contributed by atoms with E-state index < -0.39 is 5.97 Å². The topological polar surface area (TPSA) is 118 Å². The number of nitrogens with zero attached hydrogens (tertiary/aromatic N) is 2. The quantitative estimate of drug-likeness (QED) is 0.0916. The molecule has 1 saturated carbocycles. The van der Waals surface area contributed by atoms with E-state index in [9.17, 15) is 19.5 Å². The summed E-state index contributed by atoms with van der Waals surface area (Å²) in [7, 11) is 0. The SMILES string of the molecule is CCCCCCCN(CCO[C@H]1CCC[C@@H](OCc2cccc(C)c2C(=O)O)C1)C(=O)Nc1ccccc1.O=C=Nc1ccccc1. The van der Waals surface area contributed by atoms with Crippen LogP contribution < -0.4 is 5.32 Å². The summed E-state index contributed by atoms with van der Waals surface area (Å²) < 4.78 is 12.4. The largest absolute Gasteiger partial charge is 0.478 e. The molecule has 0 heterocycles. The van der Waals surface area contributed by atoms with Crippen LogP contribution in [-0.2, 0) is 20.9 Å². The number of isocyanates is 1. The number of nitrogens with one attached hydrogen (secondary N) is 1. The van der Waals surface area contributed by atoms with Crippen molar-refractivity contribution in [2.24, 2.45) is 4.99 Å². The minimum absolute atomic E-state index is 0.0342. The standard InChI is InChI=1S/C31H44N2O5.C7H5NO/c1-3-4-5-6-10-19-33(31(36)32-26-15-8-7-9-16-26)20-21-37-27-17-12-18-28(22-27)38-23-25-14-11-13-24(2)29(25)30(34)35;9-6-8-7-4-2-1-3-5-7/h7-9,11,13-16,27-28H,3-6,10,12,17-23H2,1-2H3,(H,32,36)(H,34,35);1-5H/t27-,28+;/m0./s1. The highest BCUT2D eigenvalue weighted by molar-refractivity contribution is 5.91. The van der Waals surface area contributed by atoms with E-state index in [2.05, 4.69) is 17.2 Å². The minimum atomic E-state index is -0.919. The van der Waals surface area contributed by atoms with Crippen molar-refractivity contribution in [3.05, 3.63) is 95.6 Å². The Labute approximate surface area is 279 Å². The van der Waals surface area contributed by atoms with Crippen LogP contribution in [0, 0.1) is 6.92 Å². The minimum Gasteiger partial charge on any atom is -0.478 e. The molecule has 3 aromatic rings. The number of unbranched alkanes of at least 4 members (excludes halogenated alkanes) is 4. The number of aromatic carboxylic acids is 1. The Hall–Kier alpha value is -4.30. The van der Waals surface area contributed by atoms with Crippen molar-refractivity contribution in [1.29, 1.82) is 0 Å². The number of rotatable bonds is 16. The first-order chi connectivity index (χ1) is 22.9. The zero-order chi connectivity index (χ0) is 33.7. The number of amides is 2. The number of benzene rings is 3. The summed E-state index contributed by atoms with van der Waals surface area (Å²) in [5, 5.41) is 12.6. The van der Waals surface area contributed by atoms with E-state index in [0.717, 1.165) is 49.8 Å². The molecule has 9 nitrogen and oxygen atoms in total. The van der Waals surface area contributed by atoms with Gasteiger partial charge in [0.05, 0.1) is 36.7 Å². The van der Waals surface area contributed by atoms with Gasteiger partial charge in [-0.15, -0.1) is 0 Å². The molecule has 4 rings (SSSR count). The number of aryl methyl sites for hydroxylation is 1. The molecule has 1 aliphatic carbocycles. The number of carboxylic acids is 1. The van der Waals surface area contributed by atoms with Crippen LogP contribution in [-0.4, -0.2) is 60.0 Å². The molecule has 47 heavy (non-hydrogen) atoms. The molecule has 9 heteroatoms. The van der Waals surface area contributed by atoms with Gasteiger partial charge in [-0.2, -0.15) is 4.99 Å². The third kappa shape index (κ3) is 13.9. The molecule has 0 unspecified atom stereocenters.